The topological polar surface area (TPSA) is 61.4 Å². The SMILES string of the molecule is C/C(=C/C(=O)O)NC1CC(C)(C)NC(C)(C)C1. The molecule has 1 heterocycles. The van der Waals surface area contributed by atoms with Gasteiger partial charge in [-0.05, 0) is 47.5 Å². The number of allylic oxidation sites excluding steroid dienone is 1. The van der Waals surface area contributed by atoms with Gasteiger partial charge >= 0.3 is 5.97 Å². The summed E-state index contributed by atoms with van der Waals surface area (Å²) in [5.74, 6) is -0.901. The lowest BCUT2D eigenvalue weighted by Crippen LogP contribution is -2.61. The summed E-state index contributed by atoms with van der Waals surface area (Å²) in [5.41, 5.74) is 0.863. The molecular weight excluding hydrogens is 216 g/mol. The first-order valence-corrected chi connectivity index (χ1v) is 6.07. The van der Waals surface area contributed by atoms with Crippen molar-refractivity contribution in [2.45, 2.75) is 64.6 Å². The van der Waals surface area contributed by atoms with Crippen LogP contribution in [0, 0.1) is 0 Å². The lowest BCUT2D eigenvalue weighted by molar-refractivity contribution is -0.131. The number of hydrogen-bond donors (Lipinski definition) is 3. The summed E-state index contributed by atoms with van der Waals surface area (Å²) >= 11 is 0. The molecule has 1 aliphatic heterocycles. The Morgan fingerprint density at radius 1 is 1.29 bits per heavy atom. The molecule has 0 spiro atoms. The van der Waals surface area contributed by atoms with Crippen LogP contribution in [0.25, 0.3) is 0 Å². The largest absolute Gasteiger partial charge is 0.478 e. The maximum absolute atomic E-state index is 10.6. The fraction of sp³-hybridized carbons (Fsp3) is 0.769. The summed E-state index contributed by atoms with van der Waals surface area (Å²) in [6, 6.07) is 0.317. The van der Waals surface area contributed by atoms with Crippen molar-refractivity contribution in [2.75, 3.05) is 0 Å². The predicted molar refractivity (Wildman–Crippen MR) is 68.8 cm³/mol. The summed E-state index contributed by atoms with van der Waals surface area (Å²) in [5, 5.41) is 15.6. The molecule has 0 aromatic rings. The van der Waals surface area contributed by atoms with Crippen molar-refractivity contribution in [2.24, 2.45) is 0 Å². The lowest BCUT2D eigenvalue weighted by Gasteiger charge is -2.47. The number of aliphatic carboxylic acids is 1. The van der Waals surface area contributed by atoms with Crippen molar-refractivity contribution in [1.82, 2.24) is 10.6 Å². The summed E-state index contributed by atoms with van der Waals surface area (Å²) in [6.45, 7) is 10.5. The molecule has 0 saturated carbocycles. The van der Waals surface area contributed by atoms with Gasteiger partial charge in [0.15, 0.2) is 0 Å². The zero-order valence-electron chi connectivity index (χ0n) is 11.4. The van der Waals surface area contributed by atoms with Crippen LogP contribution in [-0.4, -0.2) is 28.2 Å². The van der Waals surface area contributed by atoms with Crippen LogP contribution in [0.2, 0.25) is 0 Å². The molecule has 0 atom stereocenters. The average Bonchev–Trinajstić information content (AvgIpc) is 1.93. The quantitative estimate of drug-likeness (QED) is 0.659. The summed E-state index contributed by atoms with van der Waals surface area (Å²) in [7, 11) is 0. The molecule has 0 aromatic heterocycles. The number of rotatable bonds is 3. The first-order valence-electron chi connectivity index (χ1n) is 6.07. The van der Waals surface area contributed by atoms with Gasteiger partial charge in [0.25, 0.3) is 0 Å². The minimum Gasteiger partial charge on any atom is -0.478 e. The van der Waals surface area contributed by atoms with Gasteiger partial charge in [-0.1, -0.05) is 0 Å². The fourth-order valence-corrected chi connectivity index (χ4v) is 2.97. The van der Waals surface area contributed by atoms with E-state index in [1.165, 1.54) is 6.08 Å². The van der Waals surface area contributed by atoms with Gasteiger partial charge in [0.2, 0.25) is 0 Å². The smallest absolute Gasteiger partial charge is 0.330 e. The highest BCUT2D eigenvalue weighted by Gasteiger charge is 2.37. The summed E-state index contributed by atoms with van der Waals surface area (Å²) in [4.78, 5) is 10.6. The minimum absolute atomic E-state index is 0.0723. The molecule has 17 heavy (non-hydrogen) atoms. The molecule has 1 saturated heterocycles. The van der Waals surface area contributed by atoms with Crippen molar-refractivity contribution < 1.29 is 9.90 Å². The second kappa shape index (κ2) is 4.69. The summed E-state index contributed by atoms with van der Waals surface area (Å²) in [6.07, 6.45) is 3.20. The van der Waals surface area contributed by atoms with E-state index in [9.17, 15) is 4.79 Å². The molecule has 0 amide bonds. The Hall–Kier alpha value is -1.03. The highest BCUT2D eigenvalue weighted by molar-refractivity contribution is 5.80. The van der Waals surface area contributed by atoms with E-state index in [0.29, 0.717) is 6.04 Å². The Bertz CT molecular complexity index is 316. The third-order valence-corrected chi connectivity index (χ3v) is 2.96. The van der Waals surface area contributed by atoms with E-state index in [1.807, 2.05) is 0 Å². The van der Waals surface area contributed by atoms with Gasteiger partial charge in [0.1, 0.15) is 0 Å². The standard InChI is InChI=1S/C13H24N2O2/c1-9(6-11(16)17)14-10-7-12(2,3)15-13(4,5)8-10/h6,10,14-15H,7-8H2,1-5H3,(H,16,17)/b9-6-. The number of carboxylic acid groups (broad SMARTS) is 1. The third kappa shape index (κ3) is 4.77. The monoisotopic (exact) mass is 240 g/mol. The summed E-state index contributed by atoms with van der Waals surface area (Å²) < 4.78 is 0. The maximum atomic E-state index is 10.6. The Labute approximate surface area is 103 Å². The van der Waals surface area contributed by atoms with Crippen LogP contribution in [0.5, 0.6) is 0 Å². The normalized spacial score (nSPS) is 24.4. The van der Waals surface area contributed by atoms with Gasteiger partial charge in [-0.15, -0.1) is 0 Å². The van der Waals surface area contributed by atoms with Crippen LogP contribution >= 0.6 is 0 Å². The molecule has 3 N–H and O–H groups in total. The third-order valence-electron chi connectivity index (χ3n) is 2.96. The first-order chi connectivity index (χ1) is 7.60. The Morgan fingerprint density at radius 2 is 1.76 bits per heavy atom. The van der Waals surface area contributed by atoms with Crippen molar-refractivity contribution in [1.29, 1.82) is 0 Å². The fourth-order valence-electron chi connectivity index (χ4n) is 2.97. The van der Waals surface area contributed by atoms with Crippen LogP contribution < -0.4 is 10.6 Å². The van der Waals surface area contributed by atoms with E-state index in [1.54, 1.807) is 6.92 Å². The number of piperidine rings is 1. The van der Waals surface area contributed by atoms with Crippen LogP contribution in [0.1, 0.15) is 47.5 Å². The predicted octanol–water partition coefficient (Wildman–Crippen LogP) is 1.87. The second-order valence-corrected chi connectivity index (χ2v) is 6.31. The number of carboxylic acids is 1. The van der Waals surface area contributed by atoms with E-state index in [-0.39, 0.29) is 11.1 Å². The Balaban J connectivity index is 2.69. The Kier molecular flexibility index (Phi) is 3.87. The van der Waals surface area contributed by atoms with Crippen molar-refractivity contribution in [3.8, 4) is 0 Å². The highest BCUT2D eigenvalue weighted by Crippen LogP contribution is 2.28. The molecule has 4 heteroatoms. The van der Waals surface area contributed by atoms with Gasteiger partial charge in [-0.2, -0.15) is 0 Å². The number of carbonyl (C=O) groups is 1. The minimum atomic E-state index is -0.901. The molecule has 0 radical (unpaired) electrons. The Morgan fingerprint density at radius 3 is 2.18 bits per heavy atom. The lowest BCUT2D eigenvalue weighted by atomic mass is 9.79. The second-order valence-electron chi connectivity index (χ2n) is 6.31. The van der Waals surface area contributed by atoms with E-state index in [0.717, 1.165) is 18.5 Å². The molecule has 0 bridgehead atoms. The molecule has 4 nitrogen and oxygen atoms in total. The molecule has 1 aliphatic rings. The molecule has 1 rings (SSSR count). The van der Waals surface area contributed by atoms with Crippen LogP contribution in [0.3, 0.4) is 0 Å². The number of hydrogen-bond acceptors (Lipinski definition) is 3. The van der Waals surface area contributed by atoms with Gasteiger partial charge < -0.3 is 15.7 Å². The molecule has 0 aromatic carbocycles. The maximum Gasteiger partial charge on any atom is 0.330 e. The van der Waals surface area contributed by atoms with Crippen molar-refractivity contribution in [3.63, 3.8) is 0 Å². The van der Waals surface area contributed by atoms with E-state index >= 15 is 0 Å². The molecule has 1 fully saturated rings. The van der Waals surface area contributed by atoms with Crippen molar-refractivity contribution >= 4 is 5.97 Å². The van der Waals surface area contributed by atoms with E-state index in [2.05, 4.69) is 38.3 Å². The zero-order chi connectivity index (χ0) is 13.3. The van der Waals surface area contributed by atoms with Crippen LogP contribution in [-0.2, 0) is 4.79 Å². The molecule has 98 valence electrons. The van der Waals surface area contributed by atoms with Gasteiger partial charge in [0, 0.05) is 28.9 Å². The van der Waals surface area contributed by atoms with Gasteiger partial charge in [-0.3, -0.25) is 0 Å². The highest BCUT2D eigenvalue weighted by atomic mass is 16.4. The molecular formula is C13H24N2O2. The first kappa shape index (κ1) is 14.0. The zero-order valence-corrected chi connectivity index (χ0v) is 11.4. The van der Waals surface area contributed by atoms with Crippen LogP contribution in [0.4, 0.5) is 0 Å². The van der Waals surface area contributed by atoms with E-state index in [4.69, 9.17) is 5.11 Å². The van der Waals surface area contributed by atoms with Crippen molar-refractivity contribution in [3.05, 3.63) is 11.8 Å². The number of nitrogens with one attached hydrogen (secondary N) is 2. The van der Waals surface area contributed by atoms with Gasteiger partial charge in [0.05, 0.1) is 0 Å². The molecule has 0 unspecified atom stereocenters. The van der Waals surface area contributed by atoms with Crippen LogP contribution in [0.15, 0.2) is 11.8 Å². The average molecular weight is 240 g/mol. The molecule has 0 aliphatic carbocycles. The van der Waals surface area contributed by atoms with Gasteiger partial charge in [-0.25, -0.2) is 4.79 Å². The van der Waals surface area contributed by atoms with E-state index < -0.39 is 5.97 Å².